The van der Waals surface area contributed by atoms with Crippen LogP contribution in [0.25, 0.3) is 0 Å². The van der Waals surface area contributed by atoms with Crippen LogP contribution in [0.5, 0.6) is 0 Å². The molecule has 1 fully saturated rings. The lowest BCUT2D eigenvalue weighted by Crippen LogP contribution is -2.42. The molecular formula is C17H27N3O2. The molecule has 2 rings (SSSR count). The summed E-state index contributed by atoms with van der Waals surface area (Å²) in [5.41, 5.74) is 0.771. The average molecular weight is 305 g/mol. The van der Waals surface area contributed by atoms with Crippen LogP contribution in [-0.4, -0.2) is 36.3 Å². The molecule has 1 aliphatic rings. The van der Waals surface area contributed by atoms with Gasteiger partial charge in [0, 0.05) is 25.8 Å². The third-order valence-corrected chi connectivity index (χ3v) is 3.68. The van der Waals surface area contributed by atoms with E-state index in [0.717, 1.165) is 31.7 Å². The normalized spacial score (nSPS) is 18.9. The number of aromatic nitrogens is 1. The number of ether oxygens (including phenoxy) is 1. The van der Waals surface area contributed by atoms with E-state index in [-0.39, 0.29) is 6.09 Å². The van der Waals surface area contributed by atoms with Crippen LogP contribution in [-0.2, 0) is 4.74 Å². The quantitative estimate of drug-likeness (QED) is 0.932. The zero-order chi connectivity index (χ0) is 16.2. The van der Waals surface area contributed by atoms with Gasteiger partial charge in [-0.1, -0.05) is 0 Å². The van der Waals surface area contributed by atoms with Gasteiger partial charge in [-0.25, -0.2) is 9.78 Å². The standard InChI is InChI=1S/C17H27N3O2/c1-13-7-8-18-15(10-13)20-9-5-6-14(12-20)11-19-16(21)22-17(2,3)4/h7-8,10,14H,5-6,9,11-12H2,1-4H3,(H,19,21)/t14-/m1/s1. The minimum absolute atomic E-state index is 0.335. The first kappa shape index (κ1) is 16.6. The van der Waals surface area contributed by atoms with Crippen LogP contribution < -0.4 is 10.2 Å². The lowest BCUT2D eigenvalue weighted by molar-refractivity contribution is 0.0517. The maximum Gasteiger partial charge on any atom is 0.407 e. The zero-order valence-electron chi connectivity index (χ0n) is 14.1. The lowest BCUT2D eigenvalue weighted by atomic mass is 9.98. The van der Waals surface area contributed by atoms with Crippen molar-refractivity contribution in [3.8, 4) is 0 Å². The molecule has 0 aromatic carbocycles. The summed E-state index contributed by atoms with van der Waals surface area (Å²) in [6, 6.07) is 4.12. The summed E-state index contributed by atoms with van der Waals surface area (Å²) in [5.74, 6) is 1.46. The highest BCUT2D eigenvalue weighted by Gasteiger charge is 2.22. The minimum atomic E-state index is -0.450. The molecule has 0 unspecified atom stereocenters. The third-order valence-electron chi connectivity index (χ3n) is 3.68. The number of pyridine rings is 1. The largest absolute Gasteiger partial charge is 0.444 e. The van der Waals surface area contributed by atoms with Gasteiger partial charge in [0.05, 0.1) is 0 Å². The molecule has 1 atom stereocenters. The summed E-state index contributed by atoms with van der Waals surface area (Å²) in [4.78, 5) is 18.5. The molecule has 2 heterocycles. The Kier molecular flexibility index (Phi) is 5.27. The number of anilines is 1. The maximum absolute atomic E-state index is 11.7. The third kappa shape index (κ3) is 5.20. The smallest absolute Gasteiger partial charge is 0.407 e. The molecule has 22 heavy (non-hydrogen) atoms. The van der Waals surface area contributed by atoms with Crippen molar-refractivity contribution in [3.63, 3.8) is 0 Å². The van der Waals surface area contributed by atoms with E-state index in [0.29, 0.717) is 12.5 Å². The summed E-state index contributed by atoms with van der Waals surface area (Å²) in [6.45, 7) is 10.3. The molecule has 0 spiro atoms. The summed E-state index contributed by atoms with van der Waals surface area (Å²) in [7, 11) is 0. The van der Waals surface area contributed by atoms with Gasteiger partial charge in [-0.3, -0.25) is 0 Å². The Morgan fingerprint density at radius 2 is 2.27 bits per heavy atom. The van der Waals surface area contributed by atoms with Crippen molar-refractivity contribution in [2.75, 3.05) is 24.5 Å². The van der Waals surface area contributed by atoms with Gasteiger partial charge in [0.25, 0.3) is 0 Å². The fraction of sp³-hybridized carbons (Fsp3) is 0.647. The van der Waals surface area contributed by atoms with Gasteiger partial charge in [-0.15, -0.1) is 0 Å². The first-order chi connectivity index (χ1) is 10.3. The van der Waals surface area contributed by atoms with E-state index in [1.807, 2.05) is 33.0 Å². The van der Waals surface area contributed by atoms with Crippen molar-refractivity contribution in [3.05, 3.63) is 23.9 Å². The number of carbonyl (C=O) groups excluding carboxylic acids is 1. The van der Waals surface area contributed by atoms with Gasteiger partial charge in [0.2, 0.25) is 0 Å². The predicted octanol–water partition coefficient (Wildman–Crippen LogP) is 3.13. The highest BCUT2D eigenvalue weighted by atomic mass is 16.6. The van der Waals surface area contributed by atoms with E-state index in [2.05, 4.69) is 28.2 Å². The van der Waals surface area contributed by atoms with Crippen molar-refractivity contribution >= 4 is 11.9 Å². The number of aryl methyl sites for hydroxylation is 1. The van der Waals surface area contributed by atoms with Crippen LogP contribution in [0.1, 0.15) is 39.2 Å². The second-order valence-electron chi connectivity index (χ2n) is 7.03. The number of rotatable bonds is 3. The average Bonchev–Trinajstić information content (AvgIpc) is 2.44. The molecule has 0 bridgehead atoms. The molecule has 1 aliphatic heterocycles. The summed E-state index contributed by atoms with van der Waals surface area (Å²) < 4.78 is 5.28. The molecule has 0 saturated carbocycles. The fourth-order valence-electron chi connectivity index (χ4n) is 2.67. The molecule has 1 amide bonds. The predicted molar refractivity (Wildman–Crippen MR) is 88.1 cm³/mol. The highest BCUT2D eigenvalue weighted by Crippen LogP contribution is 2.21. The first-order valence-electron chi connectivity index (χ1n) is 7.98. The molecule has 5 nitrogen and oxygen atoms in total. The van der Waals surface area contributed by atoms with Gasteiger partial charge in [0.15, 0.2) is 0 Å². The highest BCUT2D eigenvalue weighted by molar-refractivity contribution is 5.67. The number of alkyl carbamates (subject to hydrolysis) is 1. The molecule has 1 N–H and O–H groups in total. The Bertz CT molecular complexity index is 511. The summed E-state index contributed by atoms with van der Waals surface area (Å²) in [6.07, 6.45) is 3.76. The lowest BCUT2D eigenvalue weighted by Gasteiger charge is -2.34. The van der Waals surface area contributed by atoms with Gasteiger partial charge < -0.3 is 15.0 Å². The Labute approximate surface area is 133 Å². The van der Waals surface area contributed by atoms with Crippen molar-refractivity contribution in [1.29, 1.82) is 0 Å². The molecule has 1 saturated heterocycles. The SMILES string of the molecule is Cc1ccnc(N2CCC[C@H](CNC(=O)OC(C)(C)C)C2)c1. The first-order valence-corrected chi connectivity index (χ1v) is 7.98. The van der Waals surface area contributed by atoms with E-state index >= 15 is 0 Å². The topological polar surface area (TPSA) is 54.5 Å². The number of amides is 1. The summed E-state index contributed by atoms with van der Waals surface area (Å²) >= 11 is 0. The monoisotopic (exact) mass is 305 g/mol. The van der Waals surface area contributed by atoms with E-state index in [4.69, 9.17) is 4.74 Å². The number of carbonyl (C=O) groups is 1. The maximum atomic E-state index is 11.7. The van der Waals surface area contributed by atoms with Crippen molar-refractivity contribution in [2.24, 2.45) is 5.92 Å². The number of hydrogen-bond acceptors (Lipinski definition) is 4. The van der Waals surface area contributed by atoms with Crippen LogP contribution in [0.2, 0.25) is 0 Å². The molecule has 0 aliphatic carbocycles. The number of nitrogens with one attached hydrogen (secondary N) is 1. The van der Waals surface area contributed by atoms with Crippen LogP contribution in [0.4, 0.5) is 10.6 Å². The van der Waals surface area contributed by atoms with Crippen molar-refractivity contribution in [1.82, 2.24) is 10.3 Å². The number of nitrogens with zero attached hydrogens (tertiary/aromatic N) is 2. The Morgan fingerprint density at radius 3 is 2.95 bits per heavy atom. The number of piperidine rings is 1. The molecule has 1 aromatic heterocycles. The summed E-state index contributed by atoms with van der Waals surface area (Å²) in [5, 5.41) is 2.88. The van der Waals surface area contributed by atoms with Gasteiger partial charge >= 0.3 is 6.09 Å². The fourth-order valence-corrected chi connectivity index (χ4v) is 2.67. The van der Waals surface area contributed by atoms with E-state index in [9.17, 15) is 4.79 Å². The minimum Gasteiger partial charge on any atom is -0.444 e. The van der Waals surface area contributed by atoms with Gasteiger partial charge in [-0.2, -0.15) is 0 Å². The number of hydrogen-bond donors (Lipinski definition) is 1. The molecule has 1 aromatic rings. The van der Waals surface area contributed by atoms with Crippen LogP contribution >= 0.6 is 0 Å². The van der Waals surface area contributed by atoms with Gasteiger partial charge in [-0.05, 0) is 64.2 Å². The zero-order valence-corrected chi connectivity index (χ0v) is 14.1. The van der Waals surface area contributed by atoms with Crippen LogP contribution in [0.15, 0.2) is 18.3 Å². The van der Waals surface area contributed by atoms with Crippen LogP contribution in [0, 0.1) is 12.8 Å². The van der Waals surface area contributed by atoms with Crippen molar-refractivity contribution < 1.29 is 9.53 Å². The van der Waals surface area contributed by atoms with Crippen LogP contribution in [0.3, 0.4) is 0 Å². The Hall–Kier alpha value is -1.78. The second-order valence-corrected chi connectivity index (χ2v) is 7.03. The van der Waals surface area contributed by atoms with E-state index in [1.54, 1.807) is 0 Å². The molecule has 0 radical (unpaired) electrons. The molecular weight excluding hydrogens is 278 g/mol. The molecule has 122 valence electrons. The van der Waals surface area contributed by atoms with E-state index in [1.165, 1.54) is 5.56 Å². The Morgan fingerprint density at radius 1 is 1.50 bits per heavy atom. The van der Waals surface area contributed by atoms with Gasteiger partial charge in [0.1, 0.15) is 11.4 Å². The molecule has 5 heteroatoms. The Balaban J connectivity index is 1.85. The second kappa shape index (κ2) is 6.99. The van der Waals surface area contributed by atoms with Crippen molar-refractivity contribution in [2.45, 2.75) is 46.1 Å². The van der Waals surface area contributed by atoms with E-state index < -0.39 is 5.60 Å².